The second kappa shape index (κ2) is 6.21. The first-order chi connectivity index (χ1) is 11.2. The van der Waals surface area contributed by atoms with Crippen molar-refractivity contribution >= 4 is 12.0 Å². The average molecular weight is 338 g/mol. The zero-order valence-corrected chi connectivity index (χ0v) is 15.1. The van der Waals surface area contributed by atoms with Gasteiger partial charge < -0.3 is 19.6 Å². The molecule has 2 amide bonds. The predicted octanol–water partition coefficient (Wildman–Crippen LogP) is 2.01. The monoisotopic (exact) mass is 338 g/mol. The number of carbonyl (C=O) groups is 2. The van der Waals surface area contributed by atoms with Crippen LogP contribution in [0.3, 0.4) is 0 Å². The first-order valence-corrected chi connectivity index (χ1v) is 9.17. The van der Waals surface area contributed by atoms with Crippen LogP contribution >= 0.6 is 0 Å². The smallest absolute Gasteiger partial charge is 0.410 e. The summed E-state index contributed by atoms with van der Waals surface area (Å²) in [6.45, 7) is 7.71. The molecule has 6 heteroatoms. The molecule has 0 aromatic rings. The number of ether oxygens (including phenoxy) is 1. The predicted molar refractivity (Wildman–Crippen MR) is 89.4 cm³/mol. The van der Waals surface area contributed by atoms with E-state index in [0.29, 0.717) is 39.0 Å². The number of nitrogens with zero attached hydrogens (tertiary/aromatic N) is 2. The van der Waals surface area contributed by atoms with Gasteiger partial charge in [-0.3, -0.25) is 4.79 Å². The number of amides is 2. The van der Waals surface area contributed by atoms with Crippen molar-refractivity contribution < 1.29 is 19.4 Å². The summed E-state index contributed by atoms with van der Waals surface area (Å²) in [5, 5.41) is 10.9. The average Bonchev–Trinajstić information content (AvgIpc) is 2.42. The van der Waals surface area contributed by atoms with Crippen molar-refractivity contribution in [1.29, 1.82) is 0 Å². The van der Waals surface area contributed by atoms with Gasteiger partial charge in [-0.15, -0.1) is 0 Å². The van der Waals surface area contributed by atoms with Crippen molar-refractivity contribution in [2.45, 2.75) is 64.1 Å². The molecule has 3 rings (SSSR count). The van der Waals surface area contributed by atoms with Crippen molar-refractivity contribution in [2.75, 3.05) is 26.2 Å². The van der Waals surface area contributed by atoms with Crippen molar-refractivity contribution in [3.05, 3.63) is 0 Å². The number of hydrogen-bond acceptors (Lipinski definition) is 4. The van der Waals surface area contributed by atoms with Crippen molar-refractivity contribution in [3.8, 4) is 0 Å². The maximum Gasteiger partial charge on any atom is 0.410 e. The van der Waals surface area contributed by atoms with E-state index in [1.165, 1.54) is 0 Å². The molecule has 0 aromatic heterocycles. The first kappa shape index (κ1) is 17.5. The fraction of sp³-hybridized carbons (Fsp3) is 0.889. The Morgan fingerprint density at radius 1 is 1.08 bits per heavy atom. The fourth-order valence-corrected chi connectivity index (χ4v) is 3.91. The summed E-state index contributed by atoms with van der Waals surface area (Å²) in [4.78, 5) is 28.4. The summed E-state index contributed by atoms with van der Waals surface area (Å²) in [6.07, 6.45) is 3.97. The molecule has 0 unspecified atom stereocenters. The van der Waals surface area contributed by atoms with E-state index in [2.05, 4.69) is 0 Å². The van der Waals surface area contributed by atoms with Gasteiger partial charge in [0.05, 0.1) is 5.60 Å². The van der Waals surface area contributed by atoms with Gasteiger partial charge in [-0.25, -0.2) is 4.79 Å². The van der Waals surface area contributed by atoms with E-state index in [9.17, 15) is 14.7 Å². The summed E-state index contributed by atoms with van der Waals surface area (Å²) < 4.78 is 5.45. The van der Waals surface area contributed by atoms with E-state index in [0.717, 1.165) is 19.3 Å². The lowest BCUT2D eigenvalue weighted by Gasteiger charge is -2.50. The summed E-state index contributed by atoms with van der Waals surface area (Å²) in [6, 6.07) is 0. The minimum Gasteiger partial charge on any atom is -0.444 e. The van der Waals surface area contributed by atoms with Crippen LogP contribution < -0.4 is 0 Å². The van der Waals surface area contributed by atoms with Crippen molar-refractivity contribution in [2.24, 2.45) is 11.8 Å². The number of piperidine rings is 2. The van der Waals surface area contributed by atoms with E-state index < -0.39 is 11.2 Å². The molecule has 2 heterocycles. The highest BCUT2D eigenvalue weighted by molar-refractivity contribution is 5.79. The van der Waals surface area contributed by atoms with Gasteiger partial charge in [0.2, 0.25) is 5.91 Å². The number of fused-ring (bicyclic) bond motifs is 1. The van der Waals surface area contributed by atoms with Gasteiger partial charge >= 0.3 is 6.09 Å². The Balaban J connectivity index is 1.63. The minimum absolute atomic E-state index is 0.0865. The molecule has 1 aliphatic carbocycles. The molecular formula is C18H30N2O4. The molecule has 1 saturated carbocycles. The topological polar surface area (TPSA) is 70.1 Å². The Hall–Kier alpha value is -1.30. The SMILES string of the molecule is CC(C)(C)OC(=O)N1CC[C@@]2(O)CCN(C(=O)C3CCC3)C[C@H]2C1. The van der Waals surface area contributed by atoms with E-state index in [1.54, 1.807) is 4.90 Å². The van der Waals surface area contributed by atoms with Gasteiger partial charge in [-0.05, 0) is 46.5 Å². The van der Waals surface area contributed by atoms with Gasteiger partial charge in [0, 0.05) is 38.0 Å². The Labute approximate surface area is 144 Å². The Morgan fingerprint density at radius 2 is 1.67 bits per heavy atom. The molecule has 0 spiro atoms. The number of aliphatic hydroxyl groups is 1. The van der Waals surface area contributed by atoms with Gasteiger partial charge in [-0.1, -0.05) is 6.42 Å². The lowest BCUT2D eigenvalue weighted by atomic mass is 9.75. The van der Waals surface area contributed by atoms with Crippen LogP contribution in [-0.4, -0.2) is 64.3 Å². The molecule has 1 N–H and O–H groups in total. The number of carbonyl (C=O) groups excluding carboxylic acids is 2. The van der Waals surface area contributed by atoms with E-state index in [-0.39, 0.29) is 23.8 Å². The van der Waals surface area contributed by atoms with Crippen LogP contribution in [0.15, 0.2) is 0 Å². The molecule has 2 aliphatic heterocycles. The van der Waals surface area contributed by atoms with Crippen molar-refractivity contribution in [1.82, 2.24) is 9.80 Å². The van der Waals surface area contributed by atoms with Crippen LogP contribution in [0.5, 0.6) is 0 Å². The van der Waals surface area contributed by atoms with Crippen LogP contribution in [0.2, 0.25) is 0 Å². The van der Waals surface area contributed by atoms with Crippen molar-refractivity contribution in [3.63, 3.8) is 0 Å². The van der Waals surface area contributed by atoms with E-state index in [4.69, 9.17) is 4.74 Å². The van der Waals surface area contributed by atoms with E-state index in [1.807, 2.05) is 25.7 Å². The molecule has 0 aromatic carbocycles. The molecule has 2 saturated heterocycles. The summed E-state index contributed by atoms with van der Waals surface area (Å²) >= 11 is 0. The third-order valence-corrected chi connectivity index (χ3v) is 5.69. The Morgan fingerprint density at radius 3 is 2.21 bits per heavy atom. The van der Waals surface area contributed by atoms with E-state index >= 15 is 0 Å². The molecule has 0 radical (unpaired) electrons. The second-order valence-corrected chi connectivity index (χ2v) is 8.64. The molecule has 0 bridgehead atoms. The minimum atomic E-state index is -0.755. The molecule has 6 nitrogen and oxygen atoms in total. The highest BCUT2D eigenvalue weighted by Gasteiger charge is 2.48. The lowest BCUT2D eigenvalue weighted by molar-refractivity contribution is -0.152. The standard InChI is InChI=1S/C18H30N2O4/c1-17(2,3)24-16(22)20-10-8-18(23)7-9-19(11-14(18)12-20)15(21)13-5-4-6-13/h13-14,23H,4-12H2,1-3H3/t14-,18-/m0/s1. The maximum atomic E-state index is 12.5. The van der Waals surface area contributed by atoms with Crippen LogP contribution in [0.1, 0.15) is 52.9 Å². The van der Waals surface area contributed by atoms with Gasteiger partial charge in [0.25, 0.3) is 0 Å². The molecule has 3 aliphatic rings. The summed E-state index contributed by atoms with van der Waals surface area (Å²) in [5.74, 6) is 0.330. The Bertz CT molecular complexity index is 512. The fourth-order valence-electron chi connectivity index (χ4n) is 3.91. The zero-order chi connectivity index (χ0) is 17.5. The molecule has 24 heavy (non-hydrogen) atoms. The molecule has 136 valence electrons. The molecular weight excluding hydrogens is 308 g/mol. The van der Waals surface area contributed by atoms with Crippen LogP contribution in [0.4, 0.5) is 4.79 Å². The molecule has 2 atom stereocenters. The zero-order valence-electron chi connectivity index (χ0n) is 15.1. The van der Waals surface area contributed by atoms with Gasteiger partial charge in [-0.2, -0.15) is 0 Å². The molecule has 3 fully saturated rings. The lowest BCUT2D eigenvalue weighted by Crippen LogP contribution is -2.62. The van der Waals surface area contributed by atoms with Crippen LogP contribution in [0, 0.1) is 11.8 Å². The number of rotatable bonds is 1. The highest BCUT2D eigenvalue weighted by Crippen LogP contribution is 2.37. The van der Waals surface area contributed by atoms with Gasteiger partial charge in [0.15, 0.2) is 0 Å². The largest absolute Gasteiger partial charge is 0.444 e. The second-order valence-electron chi connectivity index (χ2n) is 8.64. The van der Waals surface area contributed by atoms with Gasteiger partial charge in [0.1, 0.15) is 5.60 Å². The third-order valence-electron chi connectivity index (χ3n) is 5.69. The quantitative estimate of drug-likeness (QED) is 0.794. The summed E-state index contributed by atoms with van der Waals surface area (Å²) in [7, 11) is 0. The Kier molecular flexibility index (Phi) is 4.53. The number of likely N-dealkylation sites (tertiary alicyclic amines) is 2. The third kappa shape index (κ3) is 3.53. The maximum absolute atomic E-state index is 12.5. The van der Waals surface area contributed by atoms with Crippen LogP contribution in [-0.2, 0) is 9.53 Å². The normalized spacial score (nSPS) is 31.2. The number of hydrogen-bond donors (Lipinski definition) is 1. The highest BCUT2D eigenvalue weighted by atomic mass is 16.6. The first-order valence-electron chi connectivity index (χ1n) is 9.17. The summed E-state index contributed by atoms with van der Waals surface area (Å²) in [5.41, 5.74) is -1.28. The van der Waals surface area contributed by atoms with Crippen LogP contribution in [0.25, 0.3) is 0 Å².